The zero-order chi connectivity index (χ0) is 18.5. The molecule has 1 aliphatic heterocycles. The van der Waals surface area contributed by atoms with Gasteiger partial charge in [-0.3, -0.25) is 0 Å². The van der Waals surface area contributed by atoms with Crippen LogP contribution in [0.4, 0.5) is 17.2 Å². The van der Waals surface area contributed by atoms with E-state index in [1.165, 1.54) is 25.7 Å². The fourth-order valence-corrected chi connectivity index (χ4v) is 3.50. The fraction of sp³-hybridized carbons (Fsp3) is 0.429. The maximum absolute atomic E-state index is 11.6. The van der Waals surface area contributed by atoms with Crippen LogP contribution in [0.5, 0.6) is 0 Å². The van der Waals surface area contributed by atoms with Crippen molar-refractivity contribution < 1.29 is 9.90 Å². The van der Waals surface area contributed by atoms with Crippen molar-refractivity contribution in [3.05, 3.63) is 47.2 Å². The molecule has 26 heavy (non-hydrogen) atoms. The summed E-state index contributed by atoms with van der Waals surface area (Å²) in [5, 5.41) is 12.7. The Morgan fingerprint density at radius 2 is 1.92 bits per heavy atom. The van der Waals surface area contributed by atoms with Crippen LogP contribution >= 0.6 is 0 Å². The minimum absolute atomic E-state index is 0.290. The summed E-state index contributed by atoms with van der Waals surface area (Å²) in [6.07, 6.45) is 7.62. The van der Waals surface area contributed by atoms with Crippen molar-refractivity contribution in [1.82, 2.24) is 4.98 Å². The third-order valence-electron chi connectivity index (χ3n) is 4.96. The maximum atomic E-state index is 11.6. The van der Waals surface area contributed by atoms with Gasteiger partial charge in [-0.25, -0.2) is 9.78 Å². The van der Waals surface area contributed by atoms with Gasteiger partial charge in [0.05, 0.1) is 23.1 Å². The first-order valence-electron chi connectivity index (χ1n) is 9.43. The Kier molecular flexibility index (Phi) is 5.76. The number of benzene rings is 1. The van der Waals surface area contributed by atoms with E-state index in [2.05, 4.69) is 22.1 Å². The molecule has 1 saturated heterocycles. The van der Waals surface area contributed by atoms with Gasteiger partial charge in [-0.1, -0.05) is 25.8 Å². The highest BCUT2D eigenvalue weighted by Crippen LogP contribution is 2.27. The molecular formula is C21H27N3O2. The molecule has 3 rings (SSSR count). The highest BCUT2D eigenvalue weighted by molar-refractivity contribution is 5.95. The molecule has 0 atom stereocenters. The van der Waals surface area contributed by atoms with Crippen LogP contribution in [-0.4, -0.2) is 29.1 Å². The van der Waals surface area contributed by atoms with Gasteiger partial charge in [0.2, 0.25) is 0 Å². The Morgan fingerprint density at radius 1 is 1.19 bits per heavy atom. The van der Waals surface area contributed by atoms with E-state index in [0.29, 0.717) is 11.3 Å². The van der Waals surface area contributed by atoms with E-state index < -0.39 is 5.97 Å². The van der Waals surface area contributed by atoms with Crippen molar-refractivity contribution >= 4 is 23.2 Å². The second kappa shape index (κ2) is 8.21. The van der Waals surface area contributed by atoms with Crippen LogP contribution < -0.4 is 10.2 Å². The van der Waals surface area contributed by atoms with Gasteiger partial charge in [0.15, 0.2) is 0 Å². The van der Waals surface area contributed by atoms with Gasteiger partial charge in [0.25, 0.3) is 0 Å². The first kappa shape index (κ1) is 18.2. The summed E-state index contributed by atoms with van der Waals surface area (Å²) < 4.78 is 0. The smallest absolute Gasteiger partial charge is 0.337 e. The summed E-state index contributed by atoms with van der Waals surface area (Å²) in [6.45, 7) is 6.20. The normalized spacial score (nSPS) is 14.8. The molecule has 138 valence electrons. The van der Waals surface area contributed by atoms with E-state index in [1.54, 1.807) is 12.3 Å². The van der Waals surface area contributed by atoms with Crippen LogP contribution in [0.15, 0.2) is 30.5 Å². The molecule has 2 heterocycles. The van der Waals surface area contributed by atoms with Gasteiger partial charge in [0.1, 0.15) is 5.82 Å². The van der Waals surface area contributed by atoms with E-state index in [-0.39, 0.29) is 0 Å². The second-order valence-corrected chi connectivity index (χ2v) is 6.93. The zero-order valence-electron chi connectivity index (χ0n) is 15.6. The number of aromatic carboxylic acids is 1. The molecule has 2 aromatic rings. The predicted molar refractivity (Wildman–Crippen MR) is 106 cm³/mol. The predicted octanol–water partition coefficient (Wildman–Crippen LogP) is 4.77. The quantitative estimate of drug-likeness (QED) is 0.810. The Morgan fingerprint density at radius 3 is 2.54 bits per heavy atom. The number of anilines is 3. The molecule has 0 aliphatic carbocycles. The number of hydrogen-bond acceptors (Lipinski definition) is 4. The number of aromatic nitrogens is 1. The van der Waals surface area contributed by atoms with Gasteiger partial charge in [-0.05, 0) is 55.5 Å². The lowest BCUT2D eigenvalue weighted by Gasteiger charge is -2.23. The molecule has 1 aromatic carbocycles. The number of carboxylic acid groups (broad SMARTS) is 1. The summed E-state index contributed by atoms with van der Waals surface area (Å²) in [5.74, 6) is 0.117. The Bertz CT molecular complexity index is 781. The monoisotopic (exact) mass is 353 g/mol. The standard InChI is InChI=1S/C21H27N3O2/c1-3-16-8-9-19(18(13-16)21(25)26)23-17-12-15(2)20(22-14-17)24-10-6-4-5-7-11-24/h8-9,12-14,23H,3-7,10-11H2,1-2H3,(H,25,26). The number of aryl methyl sites for hydroxylation is 2. The molecule has 2 N–H and O–H groups in total. The van der Waals surface area contributed by atoms with Crippen molar-refractivity contribution in [2.45, 2.75) is 46.0 Å². The number of rotatable bonds is 5. The second-order valence-electron chi connectivity index (χ2n) is 6.93. The molecule has 0 spiro atoms. The third-order valence-corrected chi connectivity index (χ3v) is 4.96. The van der Waals surface area contributed by atoms with E-state index >= 15 is 0 Å². The zero-order valence-corrected chi connectivity index (χ0v) is 15.6. The van der Waals surface area contributed by atoms with Crippen LogP contribution in [0.1, 0.15) is 54.1 Å². The number of nitrogens with zero attached hydrogens (tertiary/aromatic N) is 2. The molecule has 1 aliphatic rings. The van der Waals surface area contributed by atoms with Crippen LogP contribution in [0, 0.1) is 6.92 Å². The number of carboxylic acids is 1. The number of nitrogens with one attached hydrogen (secondary N) is 1. The largest absolute Gasteiger partial charge is 0.478 e. The van der Waals surface area contributed by atoms with Crippen molar-refractivity contribution in [2.75, 3.05) is 23.3 Å². The SMILES string of the molecule is CCc1ccc(Nc2cnc(N3CCCCCC3)c(C)c2)c(C(=O)O)c1. The average Bonchev–Trinajstić information content (AvgIpc) is 2.91. The Hall–Kier alpha value is -2.56. The summed E-state index contributed by atoms with van der Waals surface area (Å²) in [7, 11) is 0. The molecule has 0 amide bonds. The van der Waals surface area contributed by atoms with Crippen molar-refractivity contribution in [3.8, 4) is 0 Å². The van der Waals surface area contributed by atoms with Crippen LogP contribution in [0.3, 0.4) is 0 Å². The molecule has 5 nitrogen and oxygen atoms in total. The summed E-state index contributed by atoms with van der Waals surface area (Å²) in [6, 6.07) is 7.57. The van der Waals surface area contributed by atoms with Crippen molar-refractivity contribution in [1.29, 1.82) is 0 Å². The molecule has 0 bridgehead atoms. The van der Waals surface area contributed by atoms with Gasteiger partial charge in [0, 0.05) is 13.1 Å². The summed E-state index contributed by atoms with van der Waals surface area (Å²) >= 11 is 0. The van der Waals surface area contributed by atoms with E-state index in [1.807, 2.05) is 25.1 Å². The lowest BCUT2D eigenvalue weighted by molar-refractivity contribution is 0.0698. The first-order chi connectivity index (χ1) is 12.6. The Balaban J connectivity index is 1.83. The van der Waals surface area contributed by atoms with E-state index in [9.17, 15) is 9.90 Å². The van der Waals surface area contributed by atoms with Gasteiger partial charge < -0.3 is 15.3 Å². The highest BCUT2D eigenvalue weighted by Gasteiger charge is 2.15. The average molecular weight is 353 g/mol. The minimum atomic E-state index is -0.923. The van der Waals surface area contributed by atoms with E-state index in [4.69, 9.17) is 0 Å². The van der Waals surface area contributed by atoms with Crippen LogP contribution in [0.25, 0.3) is 0 Å². The van der Waals surface area contributed by atoms with Crippen molar-refractivity contribution in [3.63, 3.8) is 0 Å². The van der Waals surface area contributed by atoms with Gasteiger partial charge in [-0.15, -0.1) is 0 Å². The van der Waals surface area contributed by atoms with E-state index in [0.717, 1.165) is 42.1 Å². The molecule has 1 fully saturated rings. The lowest BCUT2D eigenvalue weighted by atomic mass is 10.1. The number of pyridine rings is 1. The molecule has 1 aromatic heterocycles. The number of hydrogen-bond donors (Lipinski definition) is 2. The van der Waals surface area contributed by atoms with Crippen LogP contribution in [-0.2, 0) is 6.42 Å². The molecule has 5 heteroatoms. The lowest BCUT2D eigenvalue weighted by Crippen LogP contribution is -2.25. The summed E-state index contributed by atoms with van der Waals surface area (Å²) in [4.78, 5) is 18.6. The van der Waals surface area contributed by atoms with Crippen LogP contribution in [0.2, 0.25) is 0 Å². The minimum Gasteiger partial charge on any atom is -0.478 e. The van der Waals surface area contributed by atoms with Gasteiger partial charge in [-0.2, -0.15) is 0 Å². The molecule has 0 radical (unpaired) electrons. The Labute approximate surface area is 155 Å². The van der Waals surface area contributed by atoms with Crippen molar-refractivity contribution in [2.24, 2.45) is 0 Å². The molecule has 0 saturated carbocycles. The molecular weight excluding hydrogens is 326 g/mol. The number of carbonyl (C=O) groups is 1. The topological polar surface area (TPSA) is 65.5 Å². The summed E-state index contributed by atoms with van der Waals surface area (Å²) in [5.41, 5.74) is 3.82. The third kappa shape index (κ3) is 4.15. The molecule has 0 unspecified atom stereocenters. The highest BCUT2D eigenvalue weighted by atomic mass is 16.4. The first-order valence-corrected chi connectivity index (χ1v) is 9.43. The van der Waals surface area contributed by atoms with Gasteiger partial charge >= 0.3 is 5.97 Å². The maximum Gasteiger partial charge on any atom is 0.337 e. The fourth-order valence-electron chi connectivity index (χ4n) is 3.50.